The summed E-state index contributed by atoms with van der Waals surface area (Å²) < 4.78 is 15.1. The van der Waals surface area contributed by atoms with Crippen molar-refractivity contribution in [2.75, 3.05) is 26.1 Å². The molecule has 0 aliphatic heterocycles. The number of carbonyl (C=O) groups is 2. The molecule has 0 unspecified atom stereocenters. The fourth-order valence-electron chi connectivity index (χ4n) is 2.28. The number of anilines is 1. The van der Waals surface area contributed by atoms with E-state index in [2.05, 4.69) is 5.32 Å². The first kappa shape index (κ1) is 19.7. The zero-order valence-electron chi connectivity index (χ0n) is 15.0. The Labute approximate surface area is 155 Å². The van der Waals surface area contributed by atoms with Gasteiger partial charge in [-0.3, -0.25) is 14.9 Å². The molecule has 0 saturated heterocycles. The van der Waals surface area contributed by atoms with Crippen LogP contribution in [-0.2, 0) is 9.53 Å². The van der Waals surface area contributed by atoms with Gasteiger partial charge in [0.1, 0.15) is 11.5 Å². The molecule has 0 bridgehead atoms. The molecule has 9 nitrogen and oxygen atoms in total. The minimum absolute atomic E-state index is 0.117. The Bertz CT molecular complexity index is 858. The fourth-order valence-corrected chi connectivity index (χ4v) is 2.28. The van der Waals surface area contributed by atoms with Gasteiger partial charge < -0.3 is 19.5 Å². The van der Waals surface area contributed by atoms with E-state index in [1.807, 2.05) is 0 Å². The number of nitrogens with one attached hydrogen (secondary N) is 1. The lowest BCUT2D eigenvalue weighted by atomic mass is 10.1. The number of ether oxygens (including phenoxy) is 3. The molecular weight excluding hydrogens is 356 g/mol. The lowest BCUT2D eigenvalue weighted by molar-refractivity contribution is -0.385. The summed E-state index contributed by atoms with van der Waals surface area (Å²) in [5.41, 5.74) is 0.617. The molecule has 2 rings (SSSR count). The van der Waals surface area contributed by atoms with Gasteiger partial charge in [0, 0.05) is 12.1 Å². The van der Waals surface area contributed by atoms with Crippen LogP contribution < -0.4 is 14.8 Å². The highest BCUT2D eigenvalue weighted by molar-refractivity contribution is 5.96. The number of hydrogen-bond donors (Lipinski definition) is 1. The van der Waals surface area contributed by atoms with E-state index in [9.17, 15) is 19.7 Å². The summed E-state index contributed by atoms with van der Waals surface area (Å²) in [4.78, 5) is 34.6. The smallest absolute Gasteiger partial charge is 0.338 e. The molecule has 142 valence electrons. The van der Waals surface area contributed by atoms with Crippen molar-refractivity contribution in [3.05, 3.63) is 57.6 Å². The van der Waals surface area contributed by atoms with Gasteiger partial charge in [0.25, 0.3) is 11.6 Å². The number of nitro groups is 1. The predicted octanol–water partition coefficient (Wildman–Crippen LogP) is 2.72. The molecule has 0 heterocycles. The van der Waals surface area contributed by atoms with Crippen LogP contribution in [0, 0.1) is 17.0 Å². The quantitative estimate of drug-likeness (QED) is 0.450. The number of amides is 1. The van der Waals surface area contributed by atoms with Crippen LogP contribution in [0.3, 0.4) is 0 Å². The summed E-state index contributed by atoms with van der Waals surface area (Å²) in [6.07, 6.45) is 0. The van der Waals surface area contributed by atoms with Gasteiger partial charge in [-0.15, -0.1) is 0 Å². The van der Waals surface area contributed by atoms with Crippen molar-refractivity contribution in [1.82, 2.24) is 0 Å². The third kappa shape index (κ3) is 4.94. The fraction of sp³-hybridized carbons (Fsp3) is 0.222. The first-order valence-corrected chi connectivity index (χ1v) is 7.79. The highest BCUT2D eigenvalue weighted by Crippen LogP contribution is 2.25. The van der Waals surface area contributed by atoms with Crippen LogP contribution in [0.4, 0.5) is 11.4 Å². The van der Waals surface area contributed by atoms with Gasteiger partial charge in [-0.1, -0.05) is 6.07 Å². The van der Waals surface area contributed by atoms with Crippen molar-refractivity contribution < 1.29 is 28.7 Å². The molecule has 27 heavy (non-hydrogen) atoms. The maximum absolute atomic E-state index is 12.1. The van der Waals surface area contributed by atoms with E-state index < -0.39 is 23.4 Å². The lowest BCUT2D eigenvalue weighted by Gasteiger charge is -2.10. The number of nitrogens with zero attached hydrogens (tertiary/aromatic N) is 1. The number of benzene rings is 2. The Morgan fingerprint density at radius 2 is 1.74 bits per heavy atom. The second-order valence-electron chi connectivity index (χ2n) is 5.43. The zero-order valence-corrected chi connectivity index (χ0v) is 15.0. The summed E-state index contributed by atoms with van der Waals surface area (Å²) in [7, 11) is 2.89. The van der Waals surface area contributed by atoms with E-state index in [-0.39, 0.29) is 16.9 Å². The maximum Gasteiger partial charge on any atom is 0.338 e. The number of rotatable bonds is 7. The van der Waals surface area contributed by atoms with E-state index in [0.717, 1.165) is 0 Å². The van der Waals surface area contributed by atoms with Gasteiger partial charge in [-0.05, 0) is 25.1 Å². The van der Waals surface area contributed by atoms with E-state index in [1.54, 1.807) is 6.07 Å². The standard InChI is InChI=1S/C18H18N2O7/c1-11-15(5-4-6-16(11)20(23)24)19-17(21)10-27-18(22)12-7-13(25-2)9-14(8-12)26-3/h4-9H,10H2,1-3H3,(H,19,21). The van der Waals surface area contributed by atoms with Gasteiger partial charge in [0.15, 0.2) is 6.61 Å². The van der Waals surface area contributed by atoms with Crippen LogP contribution in [-0.4, -0.2) is 37.6 Å². The van der Waals surface area contributed by atoms with Gasteiger partial charge in [0.05, 0.1) is 36.0 Å². The lowest BCUT2D eigenvalue weighted by Crippen LogP contribution is -2.21. The van der Waals surface area contributed by atoms with Gasteiger partial charge in [-0.25, -0.2) is 4.79 Å². The van der Waals surface area contributed by atoms with Crippen molar-refractivity contribution in [2.24, 2.45) is 0 Å². The molecule has 0 radical (unpaired) electrons. The molecule has 0 atom stereocenters. The van der Waals surface area contributed by atoms with Crippen molar-refractivity contribution in [2.45, 2.75) is 6.92 Å². The molecule has 0 saturated carbocycles. The van der Waals surface area contributed by atoms with Crippen molar-refractivity contribution in [3.8, 4) is 11.5 Å². The number of hydrogen-bond acceptors (Lipinski definition) is 7. The molecule has 1 amide bonds. The van der Waals surface area contributed by atoms with E-state index >= 15 is 0 Å². The van der Waals surface area contributed by atoms with E-state index in [4.69, 9.17) is 14.2 Å². The van der Waals surface area contributed by atoms with Crippen LogP contribution in [0.2, 0.25) is 0 Å². The zero-order chi connectivity index (χ0) is 20.0. The third-order valence-corrected chi connectivity index (χ3v) is 3.70. The van der Waals surface area contributed by atoms with Gasteiger partial charge >= 0.3 is 5.97 Å². The summed E-state index contributed by atoms with van der Waals surface area (Å²) >= 11 is 0. The molecular formula is C18H18N2O7. The first-order chi connectivity index (χ1) is 12.8. The van der Waals surface area contributed by atoms with Crippen molar-refractivity contribution >= 4 is 23.3 Å². The summed E-state index contributed by atoms with van der Waals surface area (Å²) in [6.45, 7) is 0.961. The van der Waals surface area contributed by atoms with E-state index in [1.165, 1.54) is 51.5 Å². The summed E-state index contributed by atoms with van der Waals surface area (Å²) in [6, 6.07) is 8.81. The molecule has 0 aromatic heterocycles. The minimum atomic E-state index is -0.738. The molecule has 0 aliphatic rings. The molecule has 1 N–H and O–H groups in total. The van der Waals surface area contributed by atoms with Crippen molar-refractivity contribution in [3.63, 3.8) is 0 Å². The van der Waals surface area contributed by atoms with Crippen molar-refractivity contribution in [1.29, 1.82) is 0 Å². The second-order valence-corrected chi connectivity index (χ2v) is 5.43. The topological polar surface area (TPSA) is 117 Å². The molecule has 0 spiro atoms. The Kier molecular flexibility index (Phi) is 6.32. The van der Waals surface area contributed by atoms with Gasteiger partial charge in [0.2, 0.25) is 0 Å². The molecule has 2 aromatic rings. The van der Waals surface area contributed by atoms with Crippen LogP contribution in [0.15, 0.2) is 36.4 Å². The average Bonchev–Trinajstić information content (AvgIpc) is 2.66. The molecule has 2 aromatic carbocycles. The molecule has 0 fully saturated rings. The van der Waals surface area contributed by atoms with E-state index in [0.29, 0.717) is 17.1 Å². The normalized spacial score (nSPS) is 10.0. The SMILES string of the molecule is COc1cc(OC)cc(C(=O)OCC(=O)Nc2cccc([N+](=O)[O-])c2C)c1. The summed E-state index contributed by atoms with van der Waals surface area (Å²) in [5.74, 6) is -0.559. The highest BCUT2D eigenvalue weighted by Gasteiger charge is 2.17. The van der Waals surface area contributed by atoms with Crippen LogP contribution in [0.1, 0.15) is 15.9 Å². The number of carbonyl (C=O) groups excluding carboxylic acids is 2. The maximum atomic E-state index is 12.1. The average molecular weight is 374 g/mol. The van der Waals surface area contributed by atoms with Crippen LogP contribution in [0.25, 0.3) is 0 Å². The van der Waals surface area contributed by atoms with Gasteiger partial charge in [-0.2, -0.15) is 0 Å². The number of methoxy groups -OCH3 is 2. The highest BCUT2D eigenvalue weighted by atomic mass is 16.6. The van der Waals surface area contributed by atoms with Crippen LogP contribution in [0.5, 0.6) is 11.5 Å². The number of nitro benzene ring substituents is 1. The first-order valence-electron chi connectivity index (χ1n) is 7.79. The largest absolute Gasteiger partial charge is 0.497 e. The molecule has 0 aliphatic carbocycles. The monoisotopic (exact) mass is 374 g/mol. The van der Waals surface area contributed by atoms with Crippen LogP contribution >= 0.6 is 0 Å². The Balaban J connectivity index is 2.03. The number of esters is 1. The second kappa shape index (κ2) is 8.65. The molecule has 9 heteroatoms. The Hall–Kier alpha value is -3.62. The summed E-state index contributed by atoms with van der Waals surface area (Å²) in [5, 5.41) is 13.4. The Morgan fingerprint density at radius 1 is 1.11 bits per heavy atom. The Morgan fingerprint density at radius 3 is 2.30 bits per heavy atom. The predicted molar refractivity (Wildman–Crippen MR) is 96.3 cm³/mol. The third-order valence-electron chi connectivity index (χ3n) is 3.70. The minimum Gasteiger partial charge on any atom is -0.497 e.